The molecular formula is C22H21N3O3. The normalized spacial score (nSPS) is 15.4. The third kappa shape index (κ3) is 3.29. The number of ether oxygens (including phenoxy) is 1. The van der Waals surface area contributed by atoms with Crippen LogP contribution < -0.4 is 15.2 Å². The number of amides is 1. The maximum absolute atomic E-state index is 13.0. The van der Waals surface area contributed by atoms with Gasteiger partial charge in [0.25, 0.3) is 5.56 Å². The number of hydrogen-bond donors (Lipinski definition) is 0. The van der Waals surface area contributed by atoms with Gasteiger partial charge in [-0.3, -0.25) is 9.59 Å². The van der Waals surface area contributed by atoms with Crippen molar-refractivity contribution in [2.24, 2.45) is 0 Å². The number of methoxy groups -OCH3 is 1. The Kier molecular flexibility index (Phi) is 4.69. The molecule has 6 nitrogen and oxygen atoms in total. The van der Waals surface area contributed by atoms with Gasteiger partial charge in [-0.1, -0.05) is 30.3 Å². The van der Waals surface area contributed by atoms with E-state index < -0.39 is 0 Å². The number of nitrogens with zero attached hydrogens (tertiary/aromatic N) is 3. The first-order chi connectivity index (χ1) is 13.6. The minimum absolute atomic E-state index is 0.0576. The summed E-state index contributed by atoms with van der Waals surface area (Å²) >= 11 is 0. The lowest BCUT2D eigenvalue weighted by Crippen LogP contribution is -2.40. The molecule has 1 aromatic heterocycles. The van der Waals surface area contributed by atoms with Crippen LogP contribution in [-0.2, 0) is 17.8 Å². The summed E-state index contributed by atoms with van der Waals surface area (Å²) in [5.41, 5.74) is 3.19. The van der Waals surface area contributed by atoms with Crippen molar-refractivity contribution < 1.29 is 9.53 Å². The van der Waals surface area contributed by atoms with Gasteiger partial charge in [-0.15, -0.1) is 0 Å². The Labute approximate surface area is 163 Å². The van der Waals surface area contributed by atoms with Crippen LogP contribution in [0.15, 0.2) is 65.5 Å². The highest BCUT2D eigenvalue weighted by Gasteiger charge is 2.30. The van der Waals surface area contributed by atoms with Crippen molar-refractivity contribution in [2.75, 3.05) is 12.0 Å². The Balaban J connectivity index is 1.63. The molecule has 1 unspecified atom stereocenters. The summed E-state index contributed by atoms with van der Waals surface area (Å²) in [6, 6.07) is 18.5. The summed E-state index contributed by atoms with van der Waals surface area (Å²) in [7, 11) is 1.60. The molecule has 2 aromatic carbocycles. The molecule has 0 saturated heterocycles. The number of carbonyl (C=O) groups is 1. The maximum atomic E-state index is 13.0. The van der Waals surface area contributed by atoms with E-state index in [1.165, 1.54) is 10.7 Å². The van der Waals surface area contributed by atoms with Crippen molar-refractivity contribution in [3.8, 4) is 17.0 Å². The fourth-order valence-electron chi connectivity index (χ4n) is 3.65. The standard InChI is InChI=1S/C22H21N3O3/c1-15-12-17-6-3-4-9-20(17)25(15)22(27)14-24-21(26)11-10-19(23-24)16-7-5-8-18(13-16)28-2/h3-11,13,15H,12,14H2,1-2H3. The Hall–Kier alpha value is -3.41. The van der Waals surface area contributed by atoms with E-state index in [1.54, 1.807) is 18.1 Å². The molecule has 0 N–H and O–H groups in total. The van der Waals surface area contributed by atoms with E-state index in [0.717, 1.165) is 23.2 Å². The molecule has 4 rings (SSSR count). The molecule has 1 aliphatic rings. The zero-order valence-corrected chi connectivity index (χ0v) is 15.8. The number of fused-ring (bicyclic) bond motifs is 1. The highest BCUT2D eigenvalue weighted by Crippen LogP contribution is 2.32. The fraction of sp³-hybridized carbons (Fsp3) is 0.227. The molecule has 1 aliphatic heterocycles. The van der Waals surface area contributed by atoms with E-state index in [1.807, 2.05) is 55.5 Å². The van der Waals surface area contributed by atoms with Crippen molar-refractivity contribution in [3.05, 3.63) is 76.6 Å². The molecule has 0 saturated carbocycles. The third-order valence-corrected chi connectivity index (χ3v) is 4.99. The topological polar surface area (TPSA) is 64.4 Å². The second-order valence-corrected chi connectivity index (χ2v) is 6.89. The fourth-order valence-corrected chi connectivity index (χ4v) is 3.65. The molecule has 1 amide bonds. The molecule has 0 spiro atoms. The summed E-state index contributed by atoms with van der Waals surface area (Å²) in [6.07, 6.45) is 0.814. The van der Waals surface area contributed by atoms with Crippen molar-refractivity contribution in [1.29, 1.82) is 0 Å². The number of rotatable bonds is 4. The van der Waals surface area contributed by atoms with Crippen molar-refractivity contribution in [2.45, 2.75) is 25.9 Å². The Morgan fingerprint density at radius 2 is 1.96 bits per heavy atom. The van der Waals surface area contributed by atoms with Gasteiger partial charge in [0.2, 0.25) is 5.91 Å². The van der Waals surface area contributed by atoms with Crippen LogP contribution in [0, 0.1) is 0 Å². The molecule has 3 aromatic rings. The summed E-state index contributed by atoms with van der Waals surface area (Å²) < 4.78 is 6.48. The Morgan fingerprint density at radius 3 is 2.79 bits per heavy atom. The SMILES string of the molecule is COc1cccc(-c2ccc(=O)n(CC(=O)N3c4ccccc4CC3C)n2)c1. The molecule has 2 heterocycles. The number of carbonyl (C=O) groups excluding carboxylic acids is 1. The van der Waals surface area contributed by atoms with E-state index in [4.69, 9.17) is 4.74 Å². The number of anilines is 1. The van der Waals surface area contributed by atoms with E-state index in [9.17, 15) is 9.59 Å². The summed E-state index contributed by atoms with van der Waals surface area (Å²) in [6.45, 7) is 1.91. The van der Waals surface area contributed by atoms with Crippen LogP contribution in [0.3, 0.4) is 0 Å². The number of hydrogen-bond acceptors (Lipinski definition) is 4. The lowest BCUT2D eigenvalue weighted by atomic mass is 10.1. The predicted octanol–water partition coefficient (Wildman–Crippen LogP) is 2.90. The minimum atomic E-state index is -0.305. The van der Waals surface area contributed by atoms with Crippen LogP contribution in [0.2, 0.25) is 0 Å². The highest BCUT2D eigenvalue weighted by molar-refractivity contribution is 5.96. The van der Waals surface area contributed by atoms with Gasteiger partial charge in [0, 0.05) is 23.4 Å². The molecule has 1 atom stereocenters. The molecule has 0 radical (unpaired) electrons. The molecule has 0 fully saturated rings. The molecule has 6 heteroatoms. The highest BCUT2D eigenvalue weighted by atomic mass is 16.5. The molecule has 0 aliphatic carbocycles. The Bertz CT molecular complexity index is 1090. The van der Waals surface area contributed by atoms with Crippen LogP contribution in [0.1, 0.15) is 12.5 Å². The minimum Gasteiger partial charge on any atom is -0.497 e. The summed E-state index contributed by atoms with van der Waals surface area (Å²) in [4.78, 5) is 27.1. The zero-order chi connectivity index (χ0) is 19.7. The first-order valence-corrected chi connectivity index (χ1v) is 9.19. The summed E-state index contributed by atoms with van der Waals surface area (Å²) in [5, 5.41) is 4.41. The van der Waals surface area contributed by atoms with Crippen molar-refractivity contribution >= 4 is 11.6 Å². The zero-order valence-electron chi connectivity index (χ0n) is 15.8. The van der Waals surface area contributed by atoms with Gasteiger partial charge in [-0.05, 0) is 43.2 Å². The number of benzene rings is 2. The second kappa shape index (κ2) is 7.31. The monoisotopic (exact) mass is 375 g/mol. The summed E-state index contributed by atoms with van der Waals surface area (Å²) in [5.74, 6) is 0.561. The van der Waals surface area contributed by atoms with Gasteiger partial charge in [-0.25, -0.2) is 4.68 Å². The van der Waals surface area contributed by atoms with E-state index in [-0.39, 0.29) is 24.1 Å². The Morgan fingerprint density at radius 1 is 1.14 bits per heavy atom. The van der Waals surface area contributed by atoms with E-state index in [2.05, 4.69) is 5.10 Å². The average molecular weight is 375 g/mol. The molecule has 142 valence electrons. The van der Waals surface area contributed by atoms with Gasteiger partial charge in [0.1, 0.15) is 12.3 Å². The van der Waals surface area contributed by atoms with Crippen LogP contribution >= 0.6 is 0 Å². The van der Waals surface area contributed by atoms with Gasteiger partial charge >= 0.3 is 0 Å². The lowest BCUT2D eigenvalue weighted by molar-refractivity contribution is -0.119. The van der Waals surface area contributed by atoms with Crippen LogP contribution in [0.25, 0.3) is 11.3 Å². The maximum Gasteiger partial charge on any atom is 0.267 e. The van der Waals surface area contributed by atoms with Gasteiger partial charge in [0.15, 0.2) is 0 Å². The average Bonchev–Trinajstić information content (AvgIpc) is 3.05. The first kappa shape index (κ1) is 18.0. The van der Waals surface area contributed by atoms with E-state index in [0.29, 0.717) is 11.4 Å². The lowest BCUT2D eigenvalue weighted by Gasteiger charge is -2.23. The smallest absolute Gasteiger partial charge is 0.267 e. The molecule has 28 heavy (non-hydrogen) atoms. The van der Waals surface area contributed by atoms with Crippen molar-refractivity contribution in [3.63, 3.8) is 0 Å². The third-order valence-electron chi connectivity index (χ3n) is 4.99. The van der Waals surface area contributed by atoms with Gasteiger partial charge < -0.3 is 9.64 Å². The van der Waals surface area contributed by atoms with Crippen LogP contribution in [-0.4, -0.2) is 28.8 Å². The number of para-hydroxylation sites is 1. The second-order valence-electron chi connectivity index (χ2n) is 6.89. The molecule has 0 bridgehead atoms. The van der Waals surface area contributed by atoms with Gasteiger partial charge in [-0.2, -0.15) is 5.10 Å². The predicted molar refractivity (Wildman–Crippen MR) is 108 cm³/mol. The van der Waals surface area contributed by atoms with Crippen LogP contribution in [0.4, 0.5) is 5.69 Å². The van der Waals surface area contributed by atoms with Crippen molar-refractivity contribution in [1.82, 2.24) is 9.78 Å². The first-order valence-electron chi connectivity index (χ1n) is 9.19. The quantitative estimate of drug-likeness (QED) is 0.703. The number of aromatic nitrogens is 2. The van der Waals surface area contributed by atoms with E-state index >= 15 is 0 Å². The largest absolute Gasteiger partial charge is 0.497 e. The van der Waals surface area contributed by atoms with Crippen LogP contribution in [0.5, 0.6) is 5.75 Å². The van der Waals surface area contributed by atoms with Gasteiger partial charge in [0.05, 0.1) is 12.8 Å². The molecular weight excluding hydrogens is 354 g/mol.